The van der Waals surface area contributed by atoms with Gasteiger partial charge in [-0.15, -0.1) is 0 Å². The van der Waals surface area contributed by atoms with Crippen molar-refractivity contribution in [1.29, 1.82) is 0 Å². The molecule has 0 aliphatic carbocycles. The Balaban J connectivity index is 1.87. The molecule has 0 saturated carbocycles. The number of fused-ring (bicyclic) bond motifs is 1. The summed E-state index contributed by atoms with van der Waals surface area (Å²) < 4.78 is 11.8. The summed E-state index contributed by atoms with van der Waals surface area (Å²) in [4.78, 5) is 16.6. The second kappa shape index (κ2) is 5.73. The van der Waals surface area contributed by atoms with E-state index in [0.29, 0.717) is 36.0 Å². The van der Waals surface area contributed by atoms with Crippen LogP contribution in [-0.4, -0.2) is 24.1 Å². The Bertz CT molecular complexity index is 703. The zero-order valence-corrected chi connectivity index (χ0v) is 12.9. The number of amides is 1. The second-order valence-electron chi connectivity index (χ2n) is 4.62. The Morgan fingerprint density at radius 3 is 2.95 bits per heavy atom. The van der Waals surface area contributed by atoms with Crippen LogP contribution in [0.5, 0.6) is 11.5 Å². The lowest BCUT2D eigenvalue weighted by molar-refractivity contribution is 0.101. The maximum absolute atomic E-state index is 12.4. The minimum Gasteiger partial charge on any atom is -0.486 e. The number of carbonyl (C=O) groups is 1. The molecular weight excluding hydrogens is 336 g/mol. The number of hydrogen-bond donors (Lipinski definition) is 1. The number of benzene rings is 1. The van der Waals surface area contributed by atoms with Gasteiger partial charge in [0.25, 0.3) is 5.91 Å². The van der Waals surface area contributed by atoms with Crippen molar-refractivity contribution in [3.05, 3.63) is 46.2 Å². The first kappa shape index (κ1) is 13.9. The molecule has 1 aromatic carbocycles. The van der Waals surface area contributed by atoms with Crippen molar-refractivity contribution >= 4 is 27.5 Å². The summed E-state index contributed by atoms with van der Waals surface area (Å²) in [6.07, 6.45) is 1.60. The first-order valence-corrected chi connectivity index (χ1v) is 7.26. The number of pyridine rings is 1. The van der Waals surface area contributed by atoms with Gasteiger partial charge in [0.1, 0.15) is 17.8 Å². The molecule has 0 atom stereocenters. The van der Waals surface area contributed by atoms with Gasteiger partial charge in [-0.1, -0.05) is 6.07 Å². The number of nitrogens with one attached hydrogen (secondary N) is 1. The van der Waals surface area contributed by atoms with Gasteiger partial charge in [-0.25, -0.2) is 4.98 Å². The minimum absolute atomic E-state index is 0.249. The summed E-state index contributed by atoms with van der Waals surface area (Å²) in [7, 11) is 0. The molecule has 3 rings (SSSR count). The van der Waals surface area contributed by atoms with E-state index in [9.17, 15) is 4.79 Å². The van der Waals surface area contributed by atoms with Crippen LogP contribution in [0.15, 0.2) is 35.1 Å². The van der Waals surface area contributed by atoms with Gasteiger partial charge in [0.05, 0.1) is 17.4 Å². The molecule has 2 heterocycles. The number of ether oxygens (including phenoxy) is 2. The molecule has 1 amide bonds. The molecule has 0 bridgehead atoms. The molecule has 0 saturated heterocycles. The van der Waals surface area contributed by atoms with E-state index in [4.69, 9.17) is 9.47 Å². The van der Waals surface area contributed by atoms with Crippen molar-refractivity contribution in [2.24, 2.45) is 0 Å². The molecule has 0 fully saturated rings. The van der Waals surface area contributed by atoms with Crippen LogP contribution in [0.25, 0.3) is 0 Å². The molecule has 1 aromatic heterocycles. The normalized spacial score (nSPS) is 12.9. The molecule has 5 nitrogen and oxygen atoms in total. The lowest BCUT2D eigenvalue weighted by Crippen LogP contribution is -2.20. The van der Waals surface area contributed by atoms with Gasteiger partial charge in [0.15, 0.2) is 11.5 Å². The van der Waals surface area contributed by atoms with Crippen molar-refractivity contribution in [1.82, 2.24) is 4.98 Å². The summed E-state index contributed by atoms with van der Waals surface area (Å²) in [6, 6.07) is 7.12. The molecule has 1 N–H and O–H groups in total. The van der Waals surface area contributed by atoms with E-state index >= 15 is 0 Å². The standard InChI is InChI=1S/C15H13BrN2O3/c1-9-7-10(8-17-14(9)16)18-15(19)11-3-2-4-12-13(11)21-6-5-20-12/h2-4,7-8H,5-6H2,1H3,(H,18,19). The second-order valence-corrected chi connectivity index (χ2v) is 5.37. The average Bonchev–Trinajstić information content (AvgIpc) is 2.50. The first-order valence-electron chi connectivity index (χ1n) is 6.47. The highest BCUT2D eigenvalue weighted by molar-refractivity contribution is 9.10. The SMILES string of the molecule is Cc1cc(NC(=O)c2cccc3c2OCCO3)cnc1Br. The Morgan fingerprint density at radius 1 is 1.33 bits per heavy atom. The minimum atomic E-state index is -0.249. The molecule has 2 aromatic rings. The largest absolute Gasteiger partial charge is 0.486 e. The monoisotopic (exact) mass is 348 g/mol. The maximum atomic E-state index is 12.4. The number of aromatic nitrogens is 1. The van der Waals surface area contributed by atoms with Crippen LogP contribution in [0, 0.1) is 6.92 Å². The Morgan fingerprint density at radius 2 is 2.14 bits per heavy atom. The van der Waals surface area contributed by atoms with E-state index in [1.165, 1.54) is 0 Å². The predicted molar refractivity (Wildman–Crippen MR) is 82.1 cm³/mol. The zero-order chi connectivity index (χ0) is 14.8. The van der Waals surface area contributed by atoms with Gasteiger partial charge in [0.2, 0.25) is 0 Å². The third kappa shape index (κ3) is 2.85. The maximum Gasteiger partial charge on any atom is 0.259 e. The van der Waals surface area contributed by atoms with Crippen LogP contribution in [0.3, 0.4) is 0 Å². The average molecular weight is 349 g/mol. The number of rotatable bonds is 2. The molecule has 0 spiro atoms. The molecule has 1 aliphatic rings. The highest BCUT2D eigenvalue weighted by atomic mass is 79.9. The number of halogens is 1. The number of anilines is 1. The summed E-state index contributed by atoms with van der Waals surface area (Å²) in [5.74, 6) is 0.836. The van der Waals surface area contributed by atoms with Crippen LogP contribution in [0.4, 0.5) is 5.69 Å². The van der Waals surface area contributed by atoms with Gasteiger partial charge < -0.3 is 14.8 Å². The van der Waals surface area contributed by atoms with Crippen LogP contribution in [0.1, 0.15) is 15.9 Å². The zero-order valence-electron chi connectivity index (χ0n) is 11.4. The first-order chi connectivity index (χ1) is 10.1. The lowest BCUT2D eigenvalue weighted by atomic mass is 10.1. The Labute approximate surface area is 130 Å². The fraction of sp³-hybridized carbons (Fsp3) is 0.200. The van der Waals surface area contributed by atoms with Gasteiger partial charge in [0, 0.05) is 0 Å². The van der Waals surface area contributed by atoms with Crippen molar-refractivity contribution in [3.8, 4) is 11.5 Å². The van der Waals surface area contributed by atoms with Crippen molar-refractivity contribution in [3.63, 3.8) is 0 Å². The van der Waals surface area contributed by atoms with E-state index in [1.54, 1.807) is 24.4 Å². The molecule has 108 valence electrons. The topological polar surface area (TPSA) is 60.5 Å². The quantitative estimate of drug-likeness (QED) is 0.846. The number of nitrogens with zero attached hydrogens (tertiary/aromatic N) is 1. The number of carbonyl (C=O) groups excluding carboxylic acids is 1. The predicted octanol–water partition coefficient (Wildman–Crippen LogP) is 3.18. The van der Waals surface area contributed by atoms with Crippen LogP contribution < -0.4 is 14.8 Å². The van der Waals surface area contributed by atoms with Crippen molar-refractivity contribution in [2.75, 3.05) is 18.5 Å². The van der Waals surface area contributed by atoms with Crippen LogP contribution >= 0.6 is 15.9 Å². The van der Waals surface area contributed by atoms with E-state index in [1.807, 2.05) is 13.0 Å². The third-order valence-corrected chi connectivity index (χ3v) is 3.91. The van der Waals surface area contributed by atoms with E-state index in [2.05, 4.69) is 26.2 Å². The summed E-state index contributed by atoms with van der Waals surface area (Å²) in [5.41, 5.74) is 2.03. The molecule has 6 heteroatoms. The molecule has 1 aliphatic heterocycles. The fourth-order valence-electron chi connectivity index (χ4n) is 2.08. The smallest absolute Gasteiger partial charge is 0.259 e. The van der Waals surface area contributed by atoms with Gasteiger partial charge in [-0.2, -0.15) is 0 Å². The molecule has 0 unspecified atom stereocenters. The van der Waals surface area contributed by atoms with Crippen molar-refractivity contribution in [2.45, 2.75) is 6.92 Å². The third-order valence-electron chi connectivity index (χ3n) is 3.08. The Hall–Kier alpha value is -2.08. The van der Waals surface area contributed by atoms with Crippen molar-refractivity contribution < 1.29 is 14.3 Å². The highest BCUT2D eigenvalue weighted by Gasteiger charge is 2.20. The van der Waals surface area contributed by atoms with Crippen LogP contribution in [0.2, 0.25) is 0 Å². The summed E-state index contributed by atoms with van der Waals surface area (Å²) in [5, 5.41) is 2.82. The highest BCUT2D eigenvalue weighted by Crippen LogP contribution is 2.34. The lowest BCUT2D eigenvalue weighted by Gasteiger charge is -2.20. The van der Waals surface area contributed by atoms with E-state index < -0.39 is 0 Å². The summed E-state index contributed by atoms with van der Waals surface area (Å²) >= 11 is 3.33. The molecule has 0 radical (unpaired) electrons. The molecular formula is C15H13BrN2O3. The number of hydrogen-bond acceptors (Lipinski definition) is 4. The van der Waals surface area contributed by atoms with E-state index in [-0.39, 0.29) is 5.91 Å². The Kier molecular flexibility index (Phi) is 3.79. The van der Waals surface area contributed by atoms with Gasteiger partial charge in [-0.05, 0) is 46.6 Å². The van der Waals surface area contributed by atoms with E-state index in [0.717, 1.165) is 10.2 Å². The molecule has 21 heavy (non-hydrogen) atoms. The number of para-hydroxylation sites is 1. The summed E-state index contributed by atoms with van der Waals surface area (Å²) in [6.45, 7) is 2.85. The fourth-order valence-corrected chi connectivity index (χ4v) is 2.29. The van der Waals surface area contributed by atoms with Crippen LogP contribution in [-0.2, 0) is 0 Å². The number of aryl methyl sites for hydroxylation is 1. The van der Waals surface area contributed by atoms with Gasteiger partial charge in [-0.3, -0.25) is 4.79 Å². The van der Waals surface area contributed by atoms with Gasteiger partial charge >= 0.3 is 0 Å².